The number of hydrogen-bond donors (Lipinski definition) is 1. The lowest BCUT2D eigenvalue weighted by Crippen LogP contribution is -2.40. The predicted molar refractivity (Wildman–Crippen MR) is 66.4 cm³/mol. The molecule has 0 saturated carbocycles. The van der Waals surface area contributed by atoms with Crippen molar-refractivity contribution >= 4 is 18.1 Å². The number of methoxy groups -OCH3 is 1. The molecule has 0 rings (SSSR count). The Morgan fingerprint density at radius 1 is 1.21 bits per heavy atom. The maximum absolute atomic E-state index is 11.8. The summed E-state index contributed by atoms with van der Waals surface area (Å²) in [5.74, 6) is -1.21. The van der Waals surface area contributed by atoms with E-state index in [0.717, 1.165) is 7.11 Å². The summed E-state index contributed by atoms with van der Waals surface area (Å²) in [6, 6.07) is -0.635. The summed E-state index contributed by atoms with van der Waals surface area (Å²) in [6.07, 6.45) is -0.996. The minimum Gasteiger partial charge on any atom is -0.459 e. The number of nitrogens with one attached hydrogen (secondary N) is 1. The van der Waals surface area contributed by atoms with Gasteiger partial charge in [0.15, 0.2) is 0 Å². The van der Waals surface area contributed by atoms with Crippen molar-refractivity contribution < 1.29 is 28.6 Å². The van der Waals surface area contributed by atoms with Crippen molar-refractivity contribution in [3.05, 3.63) is 0 Å². The third-order valence-corrected chi connectivity index (χ3v) is 2.04. The van der Waals surface area contributed by atoms with Crippen molar-refractivity contribution in [3.63, 3.8) is 0 Å². The Morgan fingerprint density at radius 2 is 1.79 bits per heavy atom. The second-order valence-corrected chi connectivity index (χ2v) is 4.84. The van der Waals surface area contributed by atoms with Crippen LogP contribution >= 0.6 is 0 Å². The second kappa shape index (κ2) is 7.73. The first-order valence-corrected chi connectivity index (χ1v) is 5.88. The van der Waals surface area contributed by atoms with E-state index in [1.165, 1.54) is 0 Å². The van der Waals surface area contributed by atoms with Gasteiger partial charge in [-0.2, -0.15) is 0 Å². The van der Waals surface area contributed by atoms with E-state index in [1.54, 1.807) is 27.8 Å². The molecule has 0 fully saturated rings. The zero-order valence-corrected chi connectivity index (χ0v) is 11.9. The largest absolute Gasteiger partial charge is 0.515 e. The van der Waals surface area contributed by atoms with Gasteiger partial charge in [0.2, 0.25) is 0 Å². The normalized spacial score (nSPS) is 12.5. The number of carbonyl (C=O) groups is 3. The fraction of sp³-hybridized carbons (Fsp3) is 0.750. The van der Waals surface area contributed by atoms with Crippen LogP contribution in [0.5, 0.6) is 0 Å². The van der Waals surface area contributed by atoms with Gasteiger partial charge in [-0.15, -0.1) is 0 Å². The molecular weight excluding hydrogens is 254 g/mol. The highest BCUT2D eigenvalue weighted by molar-refractivity contribution is 5.82. The minimum atomic E-state index is -1.07. The quantitative estimate of drug-likeness (QED) is 0.591. The summed E-state index contributed by atoms with van der Waals surface area (Å²) >= 11 is 0. The van der Waals surface area contributed by atoms with Gasteiger partial charge in [0.25, 0.3) is 0 Å². The lowest BCUT2D eigenvalue weighted by molar-refractivity contribution is -0.157. The summed E-state index contributed by atoms with van der Waals surface area (Å²) < 4.78 is 13.7. The molecule has 0 aromatic carbocycles. The first kappa shape index (κ1) is 17.4. The van der Waals surface area contributed by atoms with Crippen LogP contribution in [0.1, 0.15) is 33.6 Å². The van der Waals surface area contributed by atoms with Gasteiger partial charge in [-0.25, -0.2) is 4.79 Å². The van der Waals surface area contributed by atoms with Crippen molar-refractivity contribution in [2.75, 3.05) is 14.2 Å². The van der Waals surface area contributed by atoms with Crippen LogP contribution in [0.2, 0.25) is 0 Å². The van der Waals surface area contributed by atoms with Crippen molar-refractivity contribution in [2.45, 2.75) is 45.3 Å². The molecule has 0 spiro atoms. The molecule has 0 bridgehead atoms. The summed E-state index contributed by atoms with van der Waals surface area (Å²) in [6.45, 7) is 5.26. The molecule has 0 aliphatic rings. The Bertz CT molecular complexity index is 334. The molecule has 0 radical (unpaired) electrons. The maximum atomic E-state index is 11.8. The monoisotopic (exact) mass is 275 g/mol. The fourth-order valence-electron chi connectivity index (χ4n) is 1.20. The Balaban J connectivity index is 4.23. The van der Waals surface area contributed by atoms with Gasteiger partial charge in [-0.3, -0.25) is 9.59 Å². The lowest BCUT2D eigenvalue weighted by atomic mass is 10.1. The zero-order chi connectivity index (χ0) is 15.1. The van der Waals surface area contributed by atoms with E-state index in [0.29, 0.717) is 0 Å². The van der Waals surface area contributed by atoms with E-state index in [1.807, 2.05) is 0 Å². The molecule has 19 heavy (non-hydrogen) atoms. The zero-order valence-electron chi connectivity index (χ0n) is 11.9. The van der Waals surface area contributed by atoms with E-state index in [9.17, 15) is 14.4 Å². The highest BCUT2D eigenvalue weighted by Crippen LogP contribution is 2.10. The molecule has 0 heterocycles. The SMILES string of the molecule is CN[C@@H](CCC(=O)OC(=O)OC)C(=O)OC(C)(C)C. The molecule has 0 amide bonds. The molecule has 1 N–H and O–H groups in total. The predicted octanol–water partition coefficient (Wildman–Crippen LogP) is 1.01. The molecule has 0 unspecified atom stereocenters. The Morgan fingerprint density at radius 3 is 2.21 bits per heavy atom. The number of ether oxygens (including phenoxy) is 3. The smallest absolute Gasteiger partial charge is 0.459 e. The van der Waals surface area contributed by atoms with Crippen molar-refractivity contribution in [1.29, 1.82) is 0 Å². The van der Waals surface area contributed by atoms with Crippen LogP contribution < -0.4 is 5.32 Å². The number of rotatable bonds is 5. The van der Waals surface area contributed by atoms with Crippen LogP contribution in [0, 0.1) is 0 Å². The standard InChI is InChI=1S/C12H21NO6/c1-12(2,3)19-10(15)8(13-4)6-7-9(14)18-11(16)17-5/h8,13H,6-7H2,1-5H3/t8-/m0/s1. The van der Waals surface area contributed by atoms with Crippen LogP contribution in [0.4, 0.5) is 4.79 Å². The highest BCUT2D eigenvalue weighted by Gasteiger charge is 2.25. The Hall–Kier alpha value is -1.63. The molecule has 7 nitrogen and oxygen atoms in total. The van der Waals surface area contributed by atoms with Crippen LogP contribution in [-0.4, -0.2) is 43.9 Å². The highest BCUT2D eigenvalue weighted by atomic mass is 16.7. The molecule has 0 aromatic heterocycles. The fourth-order valence-corrected chi connectivity index (χ4v) is 1.20. The Labute approximate surface area is 112 Å². The van der Waals surface area contributed by atoms with Gasteiger partial charge in [0.05, 0.1) is 7.11 Å². The lowest BCUT2D eigenvalue weighted by Gasteiger charge is -2.23. The average molecular weight is 275 g/mol. The summed E-state index contributed by atoms with van der Waals surface area (Å²) in [4.78, 5) is 33.7. The summed E-state index contributed by atoms with van der Waals surface area (Å²) in [5, 5.41) is 2.75. The van der Waals surface area contributed by atoms with Gasteiger partial charge < -0.3 is 19.5 Å². The topological polar surface area (TPSA) is 90.9 Å². The molecule has 0 saturated heterocycles. The van der Waals surface area contributed by atoms with Crippen molar-refractivity contribution in [3.8, 4) is 0 Å². The van der Waals surface area contributed by atoms with E-state index >= 15 is 0 Å². The van der Waals surface area contributed by atoms with Crippen molar-refractivity contribution in [1.82, 2.24) is 5.32 Å². The number of hydrogen-bond acceptors (Lipinski definition) is 7. The second-order valence-electron chi connectivity index (χ2n) is 4.84. The molecule has 110 valence electrons. The summed E-state index contributed by atoms with van der Waals surface area (Å²) in [5.41, 5.74) is -0.599. The van der Waals surface area contributed by atoms with Gasteiger partial charge in [-0.1, -0.05) is 0 Å². The van der Waals surface area contributed by atoms with Gasteiger partial charge in [-0.05, 0) is 34.2 Å². The van der Waals surface area contributed by atoms with Crippen molar-refractivity contribution in [2.24, 2.45) is 0 Å². The number of carbonyl (C=O) groups excluding carboxylic acids is 3. The first-order chi connectivity index (χ1) is 8.69. The molecule has 0 aliphatic carbocycles. The molecule has 7 heteroatoms. The third-order valence-electron chi connectivity index (χ3n) is 2.04. The molecule has 0 aromatic rings. The molecule has 0 aliphatic heterocycles. The third kappa shape index (κ3) is 8.15. The van der Waals surface area contributed by atoms with E-state index < -0.39 is 29.7 Å². The van der Waals surface area contributed by atoms with E-state index in [2.05, 4.69) is 14.8 Å². The van der Waals surface area contributed by atoms with Crippen LogP contribution in [0.3, 0.4) is 0 Å². The average Bonchev–Trinajstić information content (AvgIpc) is 2.27. The van der Waals surface area contributed by atoms with E-state index in [4.69, 9.17) is 4.74 Å². The molecule has 1 atom stereocenters. The van der Waals surface area contributed by atoms with Gasteiger partial charge in [0.1, 0.15) is 11.6 Å². The van der Waals surface area contributed by atoms with Crippen LogP contribution in [-0.2, 0) is 23.8 Å². The minimum absolute atomic E-state index is 0.0974. The molecular formula is C12H21NO6. The van der Waals surface area contributed by atoms with Crippen LogP contribution in [0.25, 0.3) is 0 Å². The first-order valence-electron chi connectivity index (χ1n) is 5.88. The van der Waals surface area contributed by atoms with E-state index in [-0.39, 0.29) is 12.8 Å². The summed E-state index contributed by atoms with van der Waals surface area (Å²) in [7, 11) is 2.69. The number of esters is 2. The van der Waals surface area contributed by atoms with Gasteiger partial charge in [0, 0.05) is 6.42 Å². The van der Waals surface area contributed by atoms with Gasteiger partial charge >= 0.3 is 18.1 Å². The maximum Gasteiger partial charge on any atom is 0.515 e. The Kier molecular flexibility index (Phi) is 7.06. The van der Waals surface area contributed by atoms with Crippen LogP contribution in [0.15, 0.2) is 0 Å². The number of likely N-dealkylation sites (N-methyl/N-ethyl adjacent to an activating group) is 1.